The Balaban J connectivity index is 1.87. The van der Waals surface area contributed by atoms with Crippen molar-refractivity contribution in [2.24, 2.45) is 0 Å². The Hall–Kier alpha value is -2.01. The van der Waals surface area contributed by atoms with E-state index in [1.807, 2.05) is 18.7 Å². The molecule has 23 heavy (non-hydrogen) atoms. The van der Waals surface area contributed by atoms with Gasteiger partial charge in [-0.1, -0.05) is 0 Å². The van der Waals surface area contributed by atoms with E-state index in [9.17, 15) is 9.18 Å². The lowest BCUT2D eigenvalue weighted by Crippen LogP contribution is -2.41. The van der Waals surface area contributed by atoms with Gasteiger partial charge in [0.05, 0.1) is 17.2 Å². The maximum absolute atomic E-state index is 13.4. The van der Waals surface area contributed by atoms with E-state index in [-0.39, 0.29) is 17.8 Å². The van der Waals surface area contributed by atoms with Gasteiger partial charge in [-0.3, -0.25) is 9.78 Å². The van der Waals surface area contributed by atoms with E-state index in [2.05, 4.69) is 4.98 Å². The topological polar surface area (TPSA) is 42.4 Å². The zero-order valence-electron chi connectivity index (χ0n) is 13.5. The van der Waals surface area contributed by atoms with Gasteiger partial charge in [0.25, 0.3) is 5.91 Å². The van der Waals surface area contributed by atoms with Crippen molar-refractivity contribution in [1.29, 1.82) is 0 Å². The first-order chi connectivity index (χ1) is 11.1. The quantitative estimate of drug-likeness (QED) is 0.872. The molecule has 3 rings (SSSR count). The van der Waals surface area contributed by atoms with Gasteiger partial charge in [-0.15, -0.1) is 0 Å². The number of halogens is 1. The molecule has 1 aromatic heterocycles. The maximum atomic E-state index is 13.4. The van der Waals surface area contributed by atoms with Gasteiger partial charge in [0, 0.05) is 36.8 Å². The molecule has 0 unspecified atom stereocenters. The van der Waals surface area contributed by atoms with Gasteiger partial charge >= 0.3 is 0 Å². The van der Waals surface area contributed by atoms with E-state index in [1.165, 1.54) is 12.1 Å². The number of carbonyl (C=O) groups is 1. The van der Waals surface area contributed by atoms with Crippen LogP contribution in [-0.4, -0.2) is 41.6 Å². The summed E-state index contributed by atoms with van der Waals surface area (Å²) in [5, 5.41) is 0.703. The molecule has 1 aliphatic rings. The molecular weight excluding hydrogens is 295 g/mol. The van der Waals surface area contributed by atoms with Crippen molar-refractivity contribution >= 4 is 16.8 Å². The van der Waals surface area contributed by atoms with Crippen LogP contribution in [0.1, 0.15) is 35.8 Å². The molecule has 5 heteroatoms. The minimum atomic E-state index is -0.341. The Labute approximate surface area is 135 Å². The van der Waals surface area contributed by atoms with Crippen LogP contribution in [0.2, 0.25) is 0 Å². The van der Waals surface area contributed by atoms with Crippen molar-refractivity contribution in [3.05, 3.63) is 41.3 Å². The molecule has 1 fully saturated rings. The highest BCUT2D eigenvalue weighted by atomic mass is 19.1. The van der Waals surface area contributed by atoms with E-state index >= 15 is 0 Å². The first-order valence-corrected chi connectivity index (χ1v) is 8.06. The number of rotatable bonds is 3. The third-order valence-electron chi connectivity index (χ3n) is 4.26. The lowest BCUT2D eigenvalue weighted by molar-refractivity contribution is 0.0146. The van der Waals surface area contributed by atoms with Crippen LogP contribution >= 0.6 is 0 Å². The number of fused-ring (bicyclic) bond motifs is 1. The Morgan fingerprint density at radius 3 is 2.78 bits per heavy atom. The van der Waals surface area contributed by atoms with Crippen LogP contribution in [0.5, 0.6) is 0 Å². The van der Waals surface area contributed by atoms with Gasteiger partial charge in [-0.25, -0.2) is 4.39 Å². The average Bonchev–Trinajstić information content (AvgIpc) is 2.54. The largest absolute Gasteiger partial charge is 0.378 e. The predicted molar refractivity (Wildman–Crippen MR) is 87.0 cm³/mol. The Kier molecular flexibility index (Phi) is 4.57. The Morgan fingerprint density at radius 2 is 2.09 bits per heavy atom. The van der Waals surface area contributed by atoms with Gasteiger partial charge < -0.3 is 9.64 Å². The number of hydrogen-bond acceptors (Lipinski definition) is 3. The standard InChI is InChI=1S/C18H21FN2O2/c1-3-23-14-6-8-21(9-7-14)18(22)16-10-12(2)20-17-11-13(19)4-5-15(16)17/h4-5,10-11,14H,3,6-9H2,1-2H3. The molecule has 2 heterocycles. The summed E-state index contributed by atoms with van der Waals surface area (Å²) in [7, 11) is 0. The van der Waals surface area contributed by atoms with Crippen molar-refractivity contribution in [2.75, 3.05) is 19.7 Å². The number of amides is 1. The molecule has 1 saturated heterocycles. The summed E-state index contributed by atoms with van der Waals surface area (Å²) in [5.41, 5.74) is 1.84. The van der Waals surface area contributed by atoms with Gasteiger partial charge in [-0.2, -0.15) is 0 Å². The number of hydrogen-bond donors (Lipinski definition) is 0. The first-order valence-electron chi connectivity index (χ1n) is 8.06. The fraction of sp³-hybridized carbons (Fsp3) is 0.444. The monoisotopic (exact) mass is 316 g/mol. The molecule has 0 aliphatic carbocycles. The number of carbonyl (C=O) groups excluding carboxylic acids is 1. The molecule has 0 N–H and O–H groups in total. The second-order valence-electron chi connectivity index (χ2n) is 5.92. The maximum Gasteiger partial charge on any atom is 0.254 e. The first kappa shape index (κ1) is 15.9. The zero-order valence-corrected chi connectivity index (χ0v) is 13.5. The number of aromatic nitrogens is 1. The number of benzene rings is 1. The zero-order chi connectivity index (χ0) is 16.4. The van der Waals surface area contributed by atoms with E-state index in [4.69, 9.17) is 4.74 Å². The van der Waals surface area contributed by atoms with Crippen LogP contribution < -0.4 is 0 Å². The molecule has 1 amide bonds. The van der Waals surface area contributed by atoms with Crippen LogP contribution in [0.3, 0.4) is 0 Å². The van der Waals surface area contributed by atoms with Crippen molar-refractivity contribution < 1.29 is 13.9 Å². The molecule has 0 spiro atoms. The van der Waals surface area contributed by atoms with E-state index in [1.54, 1.807) is 12.1 Å². The summed E-state index contributed by atoms with van der Waals surface area (Å²) in [4.78, 5) is 19.1. The molecule has 0 radical (unpaired) electrons. The number of pyridine rings is 1. The minimum Gasteiger partial charge on any atom is -0.378 e. The fourth-order valence-electron chi connectivity index (χ4n) is 3.14. The number of piperidine rings is 1. The SMILES string of the molecule is CCOC1CCN(C(=O)c2cc(C)nc3cc(F)ccc23)CC1. The molecular formula is C18H21FN2O2. The summed E-state index contributed by atoms with van der Waals surface area (Å²) < 4.78 is 19.1. The van der Waals surface area contributed by atoms with E-state index in [0.717, 1.165) is 18.5 Å². The average molecular weight is 316 g/mol. The summed E-state index contributed by atoms with van der Waals surface area (Å²) >= 11 is 0. The second-order valence-corrected chi connectivity index (χ2v) is 5.92. The van der Waals surface area contributed by atoms with Gasteiger partial charge in [0.2, 0.25) is 0 Å². The number of likely N-dealkylation sites (tertiary alicyclic amines) is 1. The summed E-state index contributed by atoms with van der Waals surface area (Å²) in [6.45, 7) is 5.89. The normalized spacial score (nSPS) is 16.0. The lowest BCUT2D eigenvalue weighted by Gasteiger charge is -2.32. The fourth-order valence-corrected chi connectivity index (χ4v) is 3.14. The molecule has 2 aromatic rings. The van der Waals surface area contributed by atoms with Crippen LogP contribution in [-0.2, 0) is 4.74 Å². The highest BCUT2D eigenvalue weighted by molar-refractivity contribution is 6.06. The van der Waals surface area contributed by atoms with E-state index in [0.29, 0.717) is 36.2 Å². The van der Waals surface area contributed by atoms with Gasteiger partial charge in [-0.05, 0) is 44.9 Å². The molecule has 4 nitrogen and oxygen atoms in total. The van der Waals surface area contributed by atoms with Crippen LogP contribution in [0.25, 0.3) is 10.9 Å². The second kappa shape index (κ2) is 6.62. The van der Waals surface area contributed by atoms with Crippen LogP contribution in [0, 0.1) is 12.7 Å². The van der Waals surface area contributed by atoms with E-state index < -0.39 is 0 Å². The summed E-state index contributed by atoms with van der Waals surface area (Å²) in [6, 6.07) is 6.17. The summed E-state index contributed by atoms with van der Waals surface area (Å²) in [5.74, 6) is -0.353. The smallest absolute Gasteiger partial charge is 0.254 e. The van der Waals surface area contributed by atoms with Gasteiger partial charge in [0.1, 0.15) is 5.82 Å². The van der Waals surface area contributed by atoms with Crippen molar-refractivity contribution in [3.8, 4) is 0 Å². The molecule has 0 bridgehead atoms. The van der Waals surface area contributed by atoms with Crippen molar-refractivity contribution in [3.63, 3.8) is 0 Å². The number of nitrogens with zero attached hydrogens (tertiary/aromatic N) is 2. The molecule has 0 atom stereocenters. The molecule has 122 valence electrons. The van der Waals surface area contributed by atoms with Gasteiger partial charge in [0.15, 0.2) is 0 Å². The third-order valence-corrected chi connectivity index (χ3v) is 4.26. The van der Waals surface area contributed by atoms with Crippen LogP contribution in [0.15, 0.2) is 24.3 Å². The predicted octanol–water partition coefficient (Wildman–Crippen LogP) is 3.32. The van der Waals surface area contributed by atoms with Crippen molar-refractivity contribution in [1.82, 2.24) is 9.88 Å². The van der Waals surface area contributed by atoms with Crippen LogP contribution in [0.4, 0.5) is 4.39 Å². The molecule has 1 aliphatic heterocycles. The molecule has 0 saturated carbocycles. The highest BCUT2D eigenvalue weighted by Gasteiger charge is 2.25. The number of ether oxygens (including phenoxy) is 1. The van der Waals surface area contributed by atoms with Crippen molar-refractivity contribution in [2.45, 2.75) is 32.8 Å². The summed E-state index contributed by atoms with van der Waals surface area (Å²) in [6.07, 6.45) is 1.96. The Bertz CT molecular complexity index is 719. The Morgan fingerprint density at radius 1 is 1.35 bits per heavy atom. The molecule has 1 aromatic carbocycles. The number of aryl methyl sites for hydroxylation is 1. The lowest BCUT2D eigenvalue weighted by atomic mass is 10.0. The minimum absolute atomic E-state index is 0.0120. The highest BCUT2D eigenvalue weighted by Crippen LogP contribution is 2.23. The third kappa shape index (κ3) is 3.34.